The minimum Gasteiger partial charge on any atom is -0.375 e. The first-order valence-electron chi connectivity index (χ1n) is 7.42. The highest BCUT2D eigenvalue weighted by Gasteiger charge is 2.21. The second-order valence-electron chi connectivity index (χ2n) is 5.51. The number of amides is 1. The van der Waals surface area contributed by atoms with Crippen molar-refractivity contribution >= 4 is 28.7 Å². The smallest absolute Gasteiger partial charge is 0.242 e. The number of carbonyl (C=O) groups is 2. The minimum absolute atomic E-state index is 0.000866. The Morgan fingerprint density at radius 2 is 2.17 bits per heavy atom. The summed E-state index contributed by atoms with van der Waals surface area (Å²) in [4.78, 5) is 27.0. The zero-order valence-corrected chi connectivity index (χ0v) is 13.6. The van der Waals surface area contributed by atoms with Gasteiger partial charge < -0.3 is 10.2 Å². The number of hydrogen-bond acceptors (Lipinski definition) is 4. The highest BCUT2D eigenvalue weighted by Crippen LogP contribution is 2.24. The molecule has 4 nitrogen and oxygen atoms in total. The molecule has 0 aliphatic carbocycles. The number of ketones is 1. The predicted molar refractivity (Wildman–Crippen MR) is 88.3 cm³/mol. The number of benzene rings is 1. The maximum absolute atomic E-state index is 13.8. The van der Waals surface area contributed by atoms with Crippen LogP contribution in [0.2, 0.25) is 0 Å². The molecule has 0 spiro atoms. The third-order valence-electron chi connectivity index (χ3n) is 3.96. The van der Waals surface area contributed by atoms with Gasteiger partial charge in [-0.3, -0.25) is 9.59 Å². The molecule has 0 unspecified atom stereocenters. The first-order valence-corrected chi connectivity index (χ1v) is 8.30. The molecule has 0 radical (unpaired) electrons. The van der Waals surface area contributed by atoms with Crippen LogP contribution in [0.15, 0.2) is 29.6 Å². The van der Waals surface area contributed by atoms with Gasteiger partial charge in [0.15, 0.2) is 5.78 Å². The van der Waals surface area contributed by atoms with Crippen LogP contribution in [0.25, 0.3) is 0 Å². The Morgan fingerprint density at radius 3 is 2.96 bits per heavy atom. The molecule has 6 heteroatoms. The number of carbonyl (C=O) groups excluding carboxylic acids is 2. The number of fused-ring (bicyclic) bond motifs is 1. The lowest BCUT2D eigenvalue weighted by atomic mass is 10.1. The van der Waals surface area contributed by atoms with Crippen LogP contribution in [-0.4, -0.2) is 29.7 Å². The van der Waals surface area contributed by atoms with E-state index in [9.17, 15) is 14.0 Å². The van der Waals surface area contributed by atoms with Crippen LogP contribution in [0.3, 0.4) is 0 Å². The zero-order chi connectivity index (χ0) is 16.4. The predicted octanol–water partition coefficient (Wildman–Crippen LogP) is 3.09. The summed E-state index contributed by atoms with van der Waals surface area (Å²) in [6.45, 7) is 2.66. The van der Waals surface area contributed by atoms with E-state index in [4.69, 9.17) is 0 Å². The molecule has 0 saturated heterocycles. The van der Waals surface area contributed by atoms with Crippen LogP contribution >= 0.6 is 11.3 Å². The molecule has 1 amide bonds. The fraction of sp³-hybridized carbons (Fsp3) is 0.294. The van der Waals surface area contributed by atoms with Gasteiger partial charge in [0.05, 0.1) is 12.1 Å². The van der Waals surface area contributed by atoms with Crippen LogP contribution in [0.5, 0.6) is 0 Å². The first kappa shape index (κ1) is 15.7. The Hall–Kier alpha value is -2.21. The fourth-order valence-corrected chi connectivity index (χ4v) is 3.66. The van der Waals surface area contributed by atoms with E-state index in [-0.39, 0.29) is 23.8 Å². The second kappa shape index (κ2) is 6.50. The molecule has 1 N–H and O–H groups in total. The molecule has 1 aromatic heterocycles. The number of Topliss-reactive ketones (excluding diaryl/α,β-unsaturated/α-hetero) is 1. The van der Waals surface area contributed by atoms with Gasteiger partial charge in [-0.1, -0.05) is 6.07 Å². The summed E-state index contributed by atoms with van der Waals surface area (Å²) >= 11 is 1.72. The van der Waals surface area contributed by atoms with E-state index in [0.717, 1.165) is 6.42 Å². The summed E-state index contributed by atoms with van der Waals surface area (Å²) in [5.41, 5.74) is 1.56. The second-order valence-corrected chi connectivity index (χ2v) is 6.51. The standard InChI is InChI=1S/C17H17FN2O2S/c1-11(21)17-13(18)3-2-4-14(17)19-9-16(22)20-7-5-15-12(10-20)6-8-23-15/h2-4,6,8,19H,5,7,9-10H2,1H3. The average Bonchev–Trinajstić information content (AvgIpc) is 2.99. The Balaban J connectivity index is 1.66. The number of rotatable bonds is 4. The van der Waals surface area contributed by atoms with E-state index in [2.05, 4.69) is 5.32 Å². The molecule has 3 rings (SSSR count). The highest BCUT2D eigenvalue weighted by molar-refractivity contribution is 7.10. The summed E-state index contributed by atoms with van der Waals surface area (Å²) in [5.74, 6) is -0.990. The number of nitrogens with one attached hydrogen (secondary N) is 1. The van der Waals surface area contributed by atoms with Crippen LogP contribution in [-0.2, 0) is 17.8 Å². The summed E-state index contributed by atoms with van der Waals surface area (Å²) in [5, 5.41) is 4.95. The lowest BCUT2D eigenvalue weighted by molar-refractivity contribution is -0.130. The van der Waals surface area contributed by atoms with Gasteiger partial charge in [0, 0.05) is 23.7 Å². The lowest BCUT2D eigenvalue weighted by Crippen LogP contribution is -2.38. The third kappa shape index (κ3) is 3.27. The van der Waals surface area contributed by atoms with Gasteiger partial charge in [-0.2, -0.15) is 0 Å². The van der Waals surface area contributed by atoms with Gasteiger partial charge in [0.1, 0.15) is 5.82 Å². The maximum atomic E-state index is 13.8. The van der Waals surface area contributed by atoms with Crippen LogP contribution < -0.4 is 5.32 Å². The van der Waals surface area contributed by atoms with Crippen molar-refractivity contribution in [2.24, 2.45) is 0 Å². The maximum Gasteiger partial charge on any atom is 0.242 e. The largest absolute Gasteiger partial charge is 0.375 e. The number of anilines is 1. The molecule has 1 aliphatic heterocycles. The summed E-state index contributed by atoms with van der Waals surface area (Å²) in [6.07, 6.45) is 0.872. The first-order chi connectivity index (χ1) is 11.1. The van der Waals surface area contributed by atoms with Gasteiger partial charge in [-0.15, -0.1) is 11.3 Å². The van der Waals surface area contributed by atoms with Crippen molar-refractivity contribution in [2.75, 3.05) is 18.4 Å². The van der Waals surface area contributed by atoms with Crippen molar-refractivity contribution in [3.63, 3.8) is 0 Å². The Bertz CT molecular complexity index is 757. The van der Waals surface area contributed by atoms with Crippen molar-refractivity contribution in [2.45, 2.75) is 19.9 Å². The molecule has 0 atom stereocenters. The van der Waals surface area contributed by atoms with Crippen LogP contribution in [0.4, 0.5) is 10.1 Å². The molecule has 0 fully saturated rings. The fourth-order valence-electron chi connectivity index (χ4n) is 2.77. The topological polar surface area (TPSA) is 49.4 Å². The third-order valence-corrected chi connectivity index (χ3v) is 4.98. The molecule has 0 saturated carbocycles. The van der Waals surface area contributed by atoms with E-state index in [0.29, 0.717) is 18.8 Å². The molecule has 2 aromatic rings. The van der Waals surface area contributed by atoms with E-state index in [1.165, 1.54) is 29.5 Å². The molecular formula is C17H17FN2O2S. The van der Waals surface area contributed by atoms with Crippen LogP contribution in [0, 0.1) is 5.82 Å². The summed E-state index contributed by atoms with van der Waals surface area (Å²) in [7, 11) is 0. The minimum atomic E-state index is -0.573. The van der Waals surface area contributed by atoms with Crippen molar-refractivity contribution in [3.05, 3.63) is 51.5 Å². The monoisotopic (exact) mass is 332 g/mol. The quantitative estimate of drug-likeness (QED) is 0.876. The lowest BCUT2D eigenvalue weighted by Gasteiger charge is -2.27. The average molecular weight is 332 g/mol. The number of thiophene rings is 1. The molecule has 120 valence electrons. The van der Waals surface area contributed by atoms with E-state index in [1.807, 2.05) is 11.4 Å². The molecule has 1 aliphatic rings. The van der Waals surface area contributed by atoms with Crippen molar-refractivity contribution in [3.8, 4) is 0 Å². The van der Waals surface area contributed by atoms with Gasteiger partial charge in [-0.25, -0.2) is 4.39 Å². The van der Waals surface area contributed by atoms with Crippen molar-refractivity contribution in [1.29, 1.82) is 0 Å². The van der Waals surface area contributed by atoms with E-state index in [1.54, 1.807) is 22.3 Å². The summed E-state index contributed by atoms with van der Waals surface area (Å²) < 4.78 is 13.8. The molecule has 2 heterocycles. The zero-order valence-electron chi connectivity index (χ0n) is 12.8. The summed E-state index contributed by atoms with van der Waals surface area (Å²) in [6, 6.07) is 6.42. The molecule has 0 bridgehead atoms. The van der Waals surface area contributed by atoms with Crippen LogP contribution in [0.1, 0.15) is 27.7 Å². The van der Waals surface area contributed by atoms with Gasteiger partial charge in [0.2, 0.25) is 5.91 Å². The Morgan fingerprint density at radius 1 is 1.35 bits per heavy atom. The highest BCUT2D eigenvalue weighted by atomic mass is 32.1. The number of halogens is 1. The molecular weight excluding hydrogens is 315 g/mol. The van der Waals surface area contributed by atoms with Crippen molar-refractivity contribution in [1.82, 2.24) is 4.90 Å². The molecule has 23 heavy (non-hydrogen) atoms. The van der Waals surface area contributed by atoms with Gasteiger partial charge in [-0.05, 0) is 42.5 Å². The van der Waals surface area contributed by atoms with E-state index < -0.39 is 5.82 Å². The van der Waals surface area contributed by atoms with Crippen molar-refractivity contribution < 1.29 is 14.0 Å². The Kier molecular flexibility index (Phi) is 4.43. The Labute approximate surface area is 137 Å². The molecule has 1 aromatic carbocycles. The normalized spacial score (nSPS) is 13.6. The SMILES string of the molecule is CC(=O)c1c(F)cccc1NCC(=O)N1CCc2sccc2C1. The number of hydrogen-bond donors (Lipinski definition) is 1. The van der Waals surface area contributed by atoms with Gasteiger partial charge in [0.25, 0.3) is 0 Å². The van der Waals surface area contributed by atoms with E-state index >= 15 is 0 Å². The number of nitrogens with zero attached hydrogens (tertiary/aromatic N) is 1. The van der Waals surface area contributed by atoms with Gasteiger partial charge >= 0.3 is 0 Å².